The summed E-state index contributed by atoms with van der Waals surface area (Å²) in [6.45, 7) is 1.96. The fourth-order valence-electron chi connectivity index (χ4n) is 2.44. The number of rotatable bonds is 3. The number of thioether (sulfide) groups is 2. The summed E-state index contributed by atoms with van der Waals surface area (Å²) >= 11 is 4.04. The molecule has 1 aliphatic heterocycles. The first-order valence-electron chi connectivity index (χ1n) is 7.07. The average Bonchev–Trinajstić information content (AvgIpc) is 3.18. The second-order valence-electron chi connectivity index (χ2n) is 5.08. The molecule has 0 bridgehead atoms. The largest absolute Gasteiger partial charge is 0.340 e. The highest BCUT2D eigenvalue weighted by atomic mass is 32.2. The van der Waals surface area contributed by atoms with E-state index in [0.29, 0.717) is 10.4 Å². The summed E-state index contributed by atoms with van der Waals surface area (Å²) < 4.78 is 2.29. The molecule has 0 radical (unpaired) electrons. The van der Waals surface area contributed by atoms with E-state index < -0.39 is 0 Å². The van der Waals surface area contributed by atoms with Crippen LogP contribution in [0.4, 0.5) is 11.5 Å². The van der Waals surface area contributed by atoms with Crippen molar-refractivity contribution in [2.45, 2.75) is 11.5 Å². The normalized spacial score (nSPS) is 15.5. The Kier molecular flexibility index (Phi) is 3.67. The van der Waals surface area contributed by atoms with Gasteiger partial charge in [0.25, 0.3) is 5.78 Å². The van der Waals surface area contributed by atoms with Crippen molar-refractivity contribution >= 4 is 40.8 Å². The lowest BCUT2D eigenvalue weighted by Crippen LogP contribution is -2.02. The summed E-state index contributed by atoms with van der Waals surface area (Å²) in [7, 11) is 0. The third kappa shape index (κ3) is 2.66. The van der Waals surface area contributed by atoms with Gasteiger partial charge < -0.3 is 5.32 Å². The molecule has 0 spiro atoms. The van der Waals surface area contributed by atoms with E-state index in [1.54, 1.807) is 4.52 Å². The number of aryl methyl sites for hydroxylation is 1. The summed E-state index contributed by atoms with van der Waals surface area (Å²) in [6.07, 6.45) is 1.52. The number of aromatic nitrogens is 4. The lowest BCUT2D eigenvalue weighted by atomic mass is 10.2. The smallest absolute Gasteiger partial charge is 0.254 e. The Hall–Kier alpha value is -1.73. The summed E-state index contributed by atoms with van der Waals surface area (Å²) in [5.74, 6) is 3.97. The van der Waals surface area contributed by atoms with Gasteiger partial charge in [-0.3, -0.25) is 0 Å². The Morgan fingerprint density at radius 2 is 1.95 bits per heavy atom. The highest BCUT2D eigenvalue weighted by molar-refractivity contribution is 8.19. The maximum atomic E-state index is 4.35. The Bertz CT molecular complexity index is 793. The van der Waals surface area contributed by atoms with Crippen LogP contribution in [0, 0.1) is 6.92 Å². The third-order valence-corrected chi connectivity index (χ3v) is 6.56. The number of fused-ring (bicyclic) bond motifs is 1. The Balaban J connectivity index is 1.60. The molecule has 1 saturated heterocycles. The molecule has 2 aromatic heterocycles. The van der Waals surface area contributed by atoms with Crippen molar-refractivity contribution < 1.29 is 0 Å². The number of anilines is 2. The minimum atomic E-state index is 0.583. The minimum Gasteiger partial charge on any atom is -0.340 e. The Morgan fingerprint density at radius 3 is 2.73 bits per heavy atom. The molecule has 1 fully saturated rings. The van der Waals surface area contributed by atoms with Crippen molar-refractivity contribution in [3.63, 3.8) is 0 Å². The molecule has 1 N–H and O–H groups in total. The van der Waals surface area contributed by atoms with E-state index in [9.17, 15) is 0 Å². The zero-order valence-corrected chi connectivity index (χ0v) is 13.7. The van der Waals surface area contributed by atoms with E-state index in [1.165, 1.54) is 23.4 Å². The molecule has 3 heterocycles. The van der Waals surface area contributed by atoms with E-state index in [2.05, 4.69) is 44.6 Å². The third-order valence-electron chi connectivity index (χ3n) is 3.46. The predicted molar refractivity (Wildman–Crippen MR) is 92.9 cm³/mol. The number of hydrogen-bond donors (Lipinski definition) is 1. The first kappa shape index (κ1) is 13.9. The van der Waals surface area contributed by atoms with Gasteiger partial charge in [0.05, 0.1) is 4.58 Å². The van der Waals surface area contributed by atoms with Crippen LogP contribution in [0.1, 0.15) is 15.8 Å². The van der Waals surface area contributed by atoms with E-state index in [0.717, 1.165) is 17.2 Å². The van der Waals surface area contributed by atoms with Gasteiger partial charge in [-0.25, -0.2) is 4.98 Å². The van der Waals surface area contributed by atoms with Gasteiger partial charge in [-0.05, 0) is 24.6 Å². The Labute approximate surface area is 136 Å². The van der Waals surface area contributed by atoms with Gasteiger partial charge in [0.1, 0.15) is 12.1 Å². The standard InChI is InChI=1S/C15H15N5S2/c1-10-8-13(20-15(18-10)16-9-17-20)19-12-4-2-11(3-5-12)14-21-6-7-22-14/h2-5,8-9,14,19H,6-7H2,1H3. The summed E-state index contributed by atoms with van der Waals surface area (Å²) in [5, 5.41) is 7.61. The first-order chi connectivity index (χ1) is 10.8. The van der Waals surface area contributed by atoms with Crippen LogP contribution in [-0.2, 0) is 0 Å². The summed E-state index contributed by atoms with van der Waals surface area (Å²) in [5.41, 5.74) is 3.34. The van der Waals surface area contributed by atoms with Gasteiger partial charge in [0, 0.05) is 29.0 Å². The molecular weight excluding hydrogens is 314 g/mol. The maximum Gasteiger partial charge on any atom is 0.254 e. The number of hydrogen-bond acceptors (Lipinski definition) is 6. The molecule has 112 valence electrons. The average molecular weight is 329 g/mol. The van der Waals surface area contributed by atoms with Gasteiger partial charge in [-0.1, -0.05) is 12.1 Å². The lowest BCUT2D eigenvalue weighted by Gasteiger charge is -2.11. The van der Waals surface area contributed by atoms with Crippen molar-refractivity contribution in [2.24, 2.45) is 0 Å². The van der Waals surface area contributed by atoms with Crippen molar-refractivity contribution in [1.29, 1.82) is 0 Å². The maximum absolute atomic E-state index is 4.35. The van der Waals surface area contributed by atoms with Crippen LogP contribution >= 0.6 is 23.5 Å². The topological polar surface area (TPSA) is 55.1 Å². The van der Waals surface area contributed by atoms with Crippen LogP contribution in [0.25, 0.3) is 5.78 Å². The molecule has 0 aliphatic carbocycles. The quantitative estimate of drug-likeness (QED) is 0.791. The zero-order valence-electron chi connectivity index (χ0n) is 12.1. The van der Waals surface area contributed by atoms with E-state index in [1.807, 2.05) is 36.5 Å². The van der Waals surface area contributed by atoms with Gasteiger partial charge in [0.15, 0.2) is 0 Å². The van der Waals surface area contributed by atoms with Crippen molar-refractivity contribution in [3.05, 3.63) is 47.9 Å². The molecule has 1 aromatic carbocycles. The van der Waals surface area contributed by atoms with Crippen LogP contribution in [0.2, 0.25) is 0 Å². The minimum absolute atomic E-state index is 0.583. The fraction of sp³-hybridized carbons (Fsp3) is 0.267. The first-order valence-corrected chi connectivity index (χ1v) is 9.17. The second-order valence-corrected chi connectivity index (χ2v) is 7.80. The number of benzene rings is 1. The highest BCUT2D eigenvalue weighted by Crippen LogP contribution is 2.45. The molecule has 4 rings (SSSR count). The van der Waals surface area contributed by atoms with Crippen molar-refractivity contribution in [1.82, 2.24) is 19.6 Å². The van der Waals surface area contributed by atoms with Crippen molar-refractivity contribution in [2.75, 3.05) is 16.8 Å². The molecule has 0 amide bonds. The van der Waals surface area contributed by atoms with Crippen LogP contribution in [0.3, 0.4) is 0 Å². The predicted octanol–water partition coefficient (Wildman–Crippen LogP) is 3.65. The molecule has 22 heavy (non-hydrogen) atoms. The van der Waals surface area contributed by atoms with Gasteiger partial charge in [-0.2, -0.15) is 14.6 Å². The summed E-state index contributed by atoms with van der Waals surface area (Å²) in [6, 6.07) is 10.6. The van der Waals surface area contributed by atoms with E-state index >= 15 is 0 Å². The molecule has 0 unspecified atom stereocenters. The number of nitrogens with zero attached hydrogens (tertiary/aromatic N) is 4. The molecule has 0 atom stereocenters. The van der Waals surface area contributed by atoms with Gasteiger partial charge in [-0.15, -0.1) is 23.5 Å². The monoisotopic (exact) mass is 329 g/mol. The van der Waals surface area contributed by atoms with Crippen LogP contribution in [-0.4, -0.2) is 31.1 Å². The SMILES string of the molecule is Cc1cc(Nc2ccc(C3SCCS3)cc2)n2ncnc2n1. The van der Waals surface area contributed by atoms with Crippen LogP contribution in [0.5, 0.6) is 0 Å². The summed E-state index contributed by atoms with van der Waals surface area (Å²) in [4.78, 5) is 8.49. The lowest BCUT2D eigenvalue weighted by molar-refractivity contribution is 0.937. The molecular formula is C15H15N5S2. The molecule has 0 saturated carbocycles. The molecule has 1 aliphatic rings. The van der Waals surface area contributed by atoms with Gasteiger partial charge >= 0.3 is 0 Å². The van der Waals surface area contributed by atoms with E-state index in [4.69, 9.17) is 0 Å². The highest BCUT2D eigenvalue weighted by Gasteiger charge is 2.17. The van der Waals surface area contributed by atoms with Crippen molar-refractivity contribution in [3.8, 4) is 0 Å². The molecule has 3 aromatic rings. The molecule has 5 nitrogen and oxygen atoms in total. The molecule has 7 heteroatoms. The van der Waals surface area contributed by atoms with E-state index in [-0.39, 0.29) is 0 Å². The van der Waals surface area contributed by atoms with Crippen LogP contribution in [0.15, 0.2) is 36.7 Å². The zero-order chi connectivity index (χ0) is 14.9. The number of nitrogens with one attached hydrogen (secondary N) is 1. The van der Waals surface area contributed by atoms with Gasteiger partial charge in [0.2, 0.25) is 0 Å². The Morgan fingerprint density at radius 1 is 1.18 bits per heavy atom. The second kappa shape index (κ2) is 5.81. The van der Waals surface area contributed by atoms with Crippen LogP contribution < -0.4 is 5.32 Å². The fourth-order valence-corrected chi connectivity index (χ4v) is 5.30.